The highest BCUT2D eigenvalue weighted by Crippen LogP contribution is 2.27. The number of carbonyl (C=O) groups excluding carboxylic acids is 1. The molecule has 0 aliphatic heterocycles. The van der Waals surface area contributed by atoms with E-state index >= 15 is 0 Å². The topological polar surface area (TPSA) is 55.6 Å². The Kier molecular flexibility index (Phi) is 4.85. The summed E-state index contributed by atoms with van der Waals surface area (Å²) in [5.41, 5.74) is 7.80. The van der Waals surface area contributed by atoms with Crippen molar-refractivity contribution in [3.63, 3.8) is 0 Å². The highest BCUT2D eigenvalue weighted by Gasteiger charge is 2.17. The van der Waals surface area contributed by atoms with Gasteiger partial charge in [-0.25, -0.2) is 0 Å². The van der Waals surface area contributed by atoms with Crippen LogP contribution in [0.1, 0.15) is 17.3 Å². The predicted molar refractivity (Wildman–Crippen MR) is 88.9 cm³/mol. The van der Waals surface area contributed by atoms with Crippen molar-refractivity contribution in [2.75, 3.05) is 24.3 Å². The molecule has 0 bridgehead atoms. The third-order valence-corrected chi connectivity index (χ3v) is 3.76. The van der Waals surface area contributed by atoms with Crippen LogP contribution in [0.4, 0.5) is 11.4 Å². The second kappa shape index (κ2) is 6.63. The summed E-state index contributed by atoms with van der Waals surface area (Å²) in [4.78, 5) is 14.3. The molecule has 21 heavy (non-hydrogen) atoms. The van der Waals surface area contributed by atoms with Gasteiger partial charge in [-0.3, -0.25) is 4.79 Å². The number of rotatable bonds is 4. The normalized spacial score (nSPS) is 10.2. The fourth-order valence-electron chi connectivity index (χ4n) is 2.09. The van der Waals surface area contributed by atoms with Crippen LogP contribution < -0.4 is 15.4 Å². The molecule has 1 amide bonds. The van der Waals surface area contributed by atoms with Crippen molar-refractivity contribution in [1.82, 2.24) is 0 Å². The average Bonchev–Trinajstić information content (AvgIpc) is 2.48. The van der Waals surface area contributed by atoms with E-state index in [1.807, 2.05) is 19.1 Å². The number of benzene rings is 2. The molecule has 0 saturated heterocycles. The molecule has 2 aromatic rings. The number of nitrogens with zero attached hydrogens (tertiary/aromatic N) is 1. The number of hydrogen-bond acceptors (Lipinski definition) is 3. The van der Waals surface area contributed by atoms with Crippen LogP contribution in [0, 0.1) is 0 Å². The molecule has 0 aliphatic rings. The lowest BCUT2D eigenvalue weighted by Gasteiger charge is -2.21. The van der Waals surface area contributed by atoms with Gasteiger partial charge in [0.15, 0.2) is 0 Å². The van der Waals surface area contributed by atoms with E-state index in [-0.39, 0.29) is 5.91 Å². The fraction of sp³-hybridized carbons (Fsp3) is 0.188. The summed E-state index contributed by atoms with van der Waals surface area (Å²) < 4.78 is 5.93. The molecular weight excluding hydrogens is 332 g/mol. The summed E-state index contributed by atoms with van der Waals surface area (Å²) in [5, 5.41) is 0. The molecule has 2 aromatic carbocycles. The molecule has 0 radical (unpaired) electrons. The lowest BCUT2D eigenvalue weighted by molar-refractivity contribution is 0.0988. The largest absolute Gasteiger partial charge is 0.496 e. The number of ether oxygens (including phenoxy) is 1. The number of carbonyl (C=O) groups is 1. The molecule has 2 rings (SSSR count). The van der Waals surface area contributed by atoms with E-state index < -0.39 is 0 Å². The second-order valence-electron chi connectivity index (χ2n) is 4.49. The van der Waals surface area contributed by atoms with Gasteiger partial charge in [-0.15, -0.1) is 0 Å². The van der Waals surface area contributed by atoms with E-state index in [0.29, 0.717) is 23.5 Å². The minimum absolute atomic E-state index is 0.0774. The number of nitrogens with two attached hydrogens (primary N) is 1. The van der Waals surface area contributed by atoms with Crippen LogP contribution >= 0.6 is 15.9 Å². The summed E-state index contributed by atoms with van der Waals surface area (Å²) in [7, 11) is 1.59. The van der Waals surface area contributed by atoms with E-state index in [1.165, 1.54) is 0 Å². The molecule has 0 aromatic heterocycles. The highest BCUT2D eigenvalue weighted by atomic mass is 79.9. The fourth-order valence-corrected chi connectivity index (χ4v) is 2.63. The molecule has 0 unspecified atom stereocenters. The predicted octanol–water partition coefficient (Wildman–Crippen LogP) is 3.71. The first-order valence-corrected chi connectivity index (χ1v) is 7.37. The molecule has 0 saturated carbocycles. The summed E-state index contributed by atoms with van der Waals surface area (Å²) in [6.45, 7) is 2.49. The summed E-state index contributed by atoms with van der Waals surface area (Å²) in [6.07, 6.45) is 0. The van der Waals surface area contributed by atoms with Crippen molar-refractivity contribution in [3.8, 4) is 5.75 Å². The van der Waals surface area contributed by atoms with Crippen molar-refractivity contribution >= 4 is 33.2 Å². The third-order valence-electron chi connectivity index (χ3n) is 3.14. The van der Waals surface area contributed by atoms with Gasteiger partial charge in [0.25, 0.3) is 5.91 Å². The Morgan fingerprint density at radius 3 is 2.62 bits per heavy atom. The van der Waals surface area contributed by atoms with Gasteiger partial charge in [-0.05, 0) is 59.3 Å². The quantitative estimate of drug-likeness (QED) is 0.857. The number of halogens is 1. The Morgan fingerprint density at radius 1 is 1.29 bits per heavy atom. The van der Waals surface area contributed by atoms with Gasteiger partial charge in [-0.2, -0.15) is 0 Å². The molecule has 4 nitrogen and oxygen atoms in total. The molecule has 0 heterocycles. The summed E-state index contributed by atoms with van der Waals surface area (Å²) in [5.74, 6) is 0.616. The van der Waals surface area contributed by atoms with Gasteiger partial charge in [-0.1, -0.05) is 6.07 Å². The standard InChI is InChI=1S/C16H17BrN2O2/c1-3-19(13-6-4-5-12(18)10-13)16(20)11-7-8-15(21-2)14(17)9-11/h4-10H,3,18H2,1-2H3. The van der Waals surface area contributed by atoms with Crippen LogP contribution in [0.2, 0.25) is 0 Å². The van der Waals surface area contributed by atoms with Gasteiger partial charge in [0.2, 0.25) is 0 Å². The molecular formula is C16H17BrN2O2. The average molecular weight is 349 g/mol. The Balaban J connectivity index is 2.34. The van der Waals surface area contributed by atoms with E-state index in [4.69, 9.17) is 10.5 Å². The smallest absolute Gasteiger partial charge is 0.258 e. The third kappa shape index (κ3) is 3.36. The minimum atomic E-state index is -0.0774. The summed E-state index contributed by atoms with van der Waals surface area (Å²) in [6, 6.07) is 12.6. The lowest BCUT2D eigenvalue weighted by atomic mass is 10.1. The zero-order chi connectivity index (χ0) is 15.4. The maximum Gasteiger partial charge on any atom is 0.258 e. The van der Waals surface area contributed by atoms with Crippen molar-refractivity contribution in [3.05, 3.63) is 52.5 Å². The van der Waals surface area contributed by atoms with Gasteiger partial charge in [0.05, 0.1) is 11.6 Å². The van der Waals surface area contributed by atoms with Gasteiger partial charge < -0.3 is 15.4 Å². The number of nitrogen functional groups attached to an aromatic ring is 1. The second-order valence-corrected chi connectivity index (χ2v) is 5.35. The van der Waals surface area contributed by atoms with Crippen molar-refractivity contribution in [2.24, 2.45) is 0 Å². The molecule has 0 aliphatic carbocycles. The molecule has 0 fully saturated rings. The van der Waals surface area contributed by atoms with E-state index in [9.17, 15) is 4.79 Å². The van der Waals surface area contributed by atoms with Crippen molar-refractivity contribution in [1.29, 1.82) is 0 Å². The summed E-state index contributed by atoms with van der Waals surface area (Å²) >= 11 is 3.40. The SMILES string of the molecule is CCN(C(=O)c1ccc(OC)c(Br)c1)c1cccc(N)c1. The van der Waals surface area contributed by atoms with E-state index in [2.05, 4.69) is 15.9 Å². The van der Waals surface area contributed by atoms with Crippen LogP contribution in [0.3, 0.4) is 0 Å². The minimum Gasteiger partial charge on any atom is -0.496 e. The molecule has 5 heteroatoms. The molecule has 110 valence electrons. The number of amides is 1. The van der Waals surface area contributed by atoms with Gasteiger partial charge in [0.1, 0.15) is 5.75 Å². The first kappa shape index (κ1) is 15.4. The number of hydrogen-bond donors (Lipinski definition) is 1. The van der Waals surface area contributed by atoms with Crippen LogP contribution in [-0.2, 0) is 0 Å². The van der Waals surface area contributed by atoms with Crippen LogP contribution in [0.25, 0.3) is 0 Å². The molecule has 2 N–H and O–H groups in total. The van der Waals surface area contributed by atoms with E-state index in [1.54, 1.807) is 42.3 Å². The van der Waals surface area contributed by atoms with Crippen LogP contribution in [0.15, 0.2) is 46.9 Å². The maximum absolute atomic E-state index is 12.7. The first-order chi connectivity index (χ1) is 10.1. The van der Waals surface area contributed by atoms with Gasteiger partial charge >= 0.3 is 0 Å². The number of anilines is 2. The van der Waals surface area contributed by atoms with Crippen molar-refractivity contribution in [2.45, 2.75) is 6.92 Å². The first-order valence-electron chi connectivity index (χ1n) is 6.57. The molecule has 0 spiro atoms. The van der Waals surface area contributed by atoms with Crippen LogP contribution in [-0.4, -0.2) is 19.6 Å². The zero-order valence-corrected chi connectivity index (χ0v) is 13.6. The number of methoxy groups -OCH3 is 1. The maximum atomic E-state index is 12.7. The van der Waals surface area contributed by atoms with Crippen LogP contribution in [0.5, 0.6) is 5.75 Å². The Hall–Kier alpha value is -2.01. The van der Waals surface area contributed by atoms with Crippen molar-refractivity contribution < 1.29 is 9.53 Å². The lowest BCUT2D eigenvalue weighted by Crippen LogP contribution is -2.30. The monoisotopic (exact) mass is 348 g/mol. The Bertz CT molecular complexity index is 658. The highest BCUT2D eigenvalue weighted by molar-refractivity contribution is 9.10. The van der Waals surface area contributed by atoms with Gasteiger partial charge in [0, 0.05) is 23.5 Å². The zero-order valence-electron chi connectivity index (χ0n) is 12.0. The van der Waals surface area contributed by atoms with E-state index in [0.717, 1.165) is 10.2 Å². The Labute approximate surface area is 132 Å². The Morgan fingerprint density at radius 2 is 2.05 bits per heavy atom. The molecule has 0 atom stereocenters.